The minimum atomic E-state index is -0.240. The van der Waals surface area contributed by atoms with Crippen LogP contribution in [0, 0.1) is 11.7 Å². The average Bonchev–Trinajstić information content (AvgIpc) is 3.09. The average molecular weight is 318 g/mol. The summed E-state index contributed by atoms with van der Waals surface area (Å²) in [7, 11) is 0. The second kappa shape index (κ2) is 6.44. The van der Waals surface area contributed by atoms with E-state index in [0.29, 0.717) is 17.3 Å². The molecule has 0 fully saturated rings. The Bertz CT molecular complexity index is 808. The van der Waals surface area contributed by atoms with Crippen LogP contribution in [0.3, 0.4) is 0 Å². The number of rotatable bonds is 3. The lowest BCUT2D eigenvalue weighted by molar-refractivity contribution is 0.424. The smallest absolute Gasteiger partial charge is 0.134 e. The minimum absolute atomic E-state index is 0.0121. The largest absolute Gasteiger partial charge is 0.364 e. The van der Waals surface area contributed by atoms with Crippen molar-refractivity contribution in [3.63, 3.8) is 0 Å². The molecule has 2 aliphatic rings. The first-order valence-corrected chi connectivity index (χ1v) is 8.30. The van der Waals surface area contributed by atoms with E-state index in [1.54, 1.807) is 12.1 Å². The van der Waals surface area contributed by atoms with E-state index in [-0.39, 0.29) is 17.9 Å². The highest BCUT2D eigenvalue weighted by Gasteiger charge is 2.35. The van der Waals surface area contributed by atoms with Crippen LogP contribution in [0.25, 0.3) is 0 Å². The molecule has 0 radical (unpaired) electrons. The van der Waals surface area contributed by atoms with Crippen LogP contribution in [-0.2, 0) is 0 Å². The fourth-order valence-electron chi connectivity index (χ4n) is 3.43. The molecular formula is C21H19FN2. The number of allylic oxidation sites excluding steroid dienone is 3. The maximum absolute atomic E-state index is 14.2. The summed E-state index contributed by atoms with van der Waals surface area (Å²) >= 11 is 0. The molecule has 3 atom stereocenters. The monoisotopic (exact) mass is 318 g/mol. The molecule has 4 rings (SSSR count). The Kier molecular flexibility index (Phi) is 3.99. The number of nitrogens with one attached hydrogen (secondary N) is 1. The summed E-state index contributed by atoms with van der Waals surface area (Å²) < 4.78 is 14.2. The SMILES string of the molecule is Fc1ccccc1C1=N[C@H](c2ccccc2)[C@@H](C2C=CC=CC2)N1. The van der Waals surface area contributed by atoms with E-state index in [1.807, 2.05) is 24.3 Å². The van der Waals surface area contributed by atoms with Crippen LogP contribution in [0.15, 0.2) is 83.9 Å². The van der Waals surface area contributed by atoms with Crippen LogP contribution >= 0.6 is 0 Å². The second-order valence-corrected chi connectivity index (χ2v) is 6.20. The van der Waals surface area contributed by atoms with E-state index in [1.165, 1.54) is 6.07 Å². The van der Waals surface area contributed by atoms with Gasteiger partial charge in [0, 0.05) is 5.92 Å². The summed E-state index contributed by atoms with van der Waals surface area (Å²) in [6, 6.07) is 17.2. The lowest BCUT2D eigenvalue weighted by atomic mass is 9.86. The van der Waals surface area contributed by atoms with Crippen LogP contribution in [0.1, 0.15) is 23.6 Å². The van der Waals surface area contributed by atoms with Crippen molar-refractivity contribution in [2.75, 3.05) is 0 Å². The van der Waals surface area contributed by atoms with Gasteiger partial charge in [-0.15, -0.1) is 0 Å². The Morgan fingerprint density at radius 3 is 2.50 bits per heavy atom. The van der Waals surface area contributed by atoms with Crippen LogP contribution in [0.2, 0.25) is 0 Å². The van der Waals surface area contributed by atoms with Gasteiger partial charge in [0.1, 0.15) is 11.7 Å². The Balaban J connectivity index is 1.71. The summed E-state index contributed by atoms with van der Waals surface area (Å²) in [5, 5.41) is 3.49. The van der Waals surface area contributed by atoms with Crippen molar-refractivity contribution in [1.29, 1.82) is 0 Å². The van der Waals surface area contributed by atoms with Gasteiger partial charge in [-0.2, -0.15) is 0 Å². The van der Waals surface area contributed by atoms with Gasteiger partial charge >= 0.3 is 0 Å². The Morgan fingerprint density at radius 1 is 0.958 bits per heavy atom. The molecule has 0 spiro atoms. The number of hydrogen-bond acceptors (Lipinski definition) is 2. The van der Waals surface area contributed by atoms with E-state index in [2.05, 4.69) is 41.8 Å². The number of hydrogen-bond donors (Lipinski definition) is 1. The fraction of sp³-hybridized carbons (Fsp3) is 0.190. The van der Waals surface area contributed by atoms with Gasteiger partial charge in [0.05, 0.1) is 17.6 Å². The maximum atomic E-state index is 14.2. The molecule has 0 saturated carbocycles. The summed E-state index contributed by atoms with van der Waals surface area (Å²) in [6.45, 7) is 0. The Morgan fingerprint density at radius 2 is 1.75 bits per heavy atom. The zero-order chi connectivity index (χ0) is 16.4. The fourth-order valence-corrected chi connectivity index (χ4v) is 3.43. The van der Waals surface area contributed by atoms with Crippen LogP contribution in [0.4, 0.5) is 4.39 Å². The quantitative estimate of drug-likeness (QED) is 0.890. The van der Waals surface area contributed by atoms with Crippen molar-refractivity contribution < 1.29 is 4.39 Å². The molecule has 0 amide bonds. The van der Waals surface area contributed by atoms with Crippen molar-refractivity contribution >= 4 is 5.84 Å². The standard InChI is InChI=1S/C21H19FN2/c22-18-14-8-7-13-17(18)21-23-19(15-9-3-1-4-10-15)20(24-21)16-11-5-2-6-12-16/h1-11,13-14,16,19-20H,12H2,(H,23,24)/t16?,19-,20-/m1/s1. The zero-order valence-electron chi connectivity index (χ0n) is 13.3. The Hall–Kier alpha value is -2.68. The van der Waals surface area contributed by atoms with Gasteiger partial charge in [-0.1, -0.05) is 66.8 Å². The first-order chi connectivity index (χ1) is 11.8. The van der Waals surface area contributed by atoms with Crippen LogP contribution < -0.4 is 5.32 Å². The van der Waals surface area contributed by atoms with Gasteiger partial charge in [0.2, 0.25) is 0 Å². The minimum Gasteiger partial charge on any atom is -0.364 e. The first kappa shape index (κ1) is 14.9. The molecule has 1 unspecified atom stereocenters. The number of halogens is 1. The summed E-state index contributed by atoms with van der Waals surface area (Å²) in [6.07, 6.45) is 9.51. The molecule has 3 heteroatoms. The van der Waals surface area contributed by atoms with Gasteiger partial charge in [-0.3, -0.25) is 4.99 Å². The summed E-state index contributed by atoms with van der Waals surface area (Å²) in [5.74, 6) is 0.749. The highest BCUT2D eigenvalue weighted by Crippen LogP contribution is 2.34. The van der Waals surface area contributed by atoms with Gasteiger partial charge in [0.15, 0.2) is 0 Å². The normalized spacial score (nSPS) is 25.4. The van der Waals surface area contributed by atoms with Crippen LogP contribution in [0.5, 0.6) is 0 Å². The summed E-state index contributed by atoms with van der Waals surface area (Å²) in [5.41, 5.74) is 1.69. The molecule has 0 saturated heterocycles. The number of amidine groups is 1. The topological polar surface area (TPSA) is 24.4 Å². The number of benzene rings is 2. The molecule has 1 N–H and O–H groups in total. The zero-order valence-corrected chi connectivity index (χ0v) is 13.3. The van der Waals surface area contributed by atoms with Crippen molar-refractivity contribution in [2.24, 2.45) is 10.9 Å². The maximum Gasteiger partial charge on any atom is 0.134 e. The van der Waals surface area contributed by atoms with E-state index in [9.17, 15) is 4.39 Å². The van der Waals surface area contributed by atoms with Crippen molar-refractivity contribution in [3.05, 3.63) is 95.8 Å². The molecule has 2 aromatic carbocycles. The molecule has 0 aromatic heterocycles. The van der Waals surface area contributed by atoms with E-state index in [0.717, 1.165) is 12.0 Å². The van der Waals surface area contributed by atoms with Gasteiger partial charge in [0.25, 0.3) is 0 Å². The summed E-state index contributed by atoms with van der Waals surface area (Å²) in [4.78, 5) is 4.85. The number of aliphatic imine (C=N–C) groups is 1. The van der Waals surface area contributed by atoms with Crippen molar-refractivity contribution in [1.82, 2.24) is 5.32 Å². The van der Waals surface area contributed by atoms with E-state index in [4.69, 9.17) is 4.99 Å². The predicted molar refractivity (Wildman–Crippen MR) is 95.4 cm³/mol. The Labute approximate surface area is 141 Å². The van der Waals surface area contributed by atoms with Gasteiger partial charge in [-0.05, 0) is 24.1 Å². The third-order valence-corrected chi connectivity index (χ3v) is 4.66. The molecular weight excluding hydrogens is 299 g/mol. The molecule has 2 nitrogen and oxygen atoms in total. The molecule has 24 heavy (non-hydrogen) atoms. The third kappa shape index (κ3) is 2.78. The third-order valence-electron chi connectivity index (χ3n) is 4.66. The first-order valence-electron chi connectivity index (χ1n) is 8.30. The van der Waals surface area contributed by atoms with Crippen molar-refractivity contribution in [3.8, 4) is 0 Å². The molecule has 120 valence electrons. The molecule has 1 heterocycles. The van der Waals surface area contributed by atoms with E-state index >= 15 is 0 Å². The lowest BCUT2D eigenvalue weighted by Gasteiger charge is -2.26. The predicted octanol–water partition coefficient (Wildman–Crippen LogP) is 4.42. The second-order valence-electron chi connectivity index (χ2n) is 6.20. The van der Waals surface area contributed by atoms with Gasteiger partial charge < -0.3 is 5.32 Å². The molecule has 0 bridgehead atoms. The highest BCUT2D eigenvalue weighted by atomic mass is 19.1. The van der Waals surface area contributed by atoms with E-state index < -0.39 is 0 Å². The molecule has 1 aliphatic heterocycles. The molecule has 1 aliphatic carbocycles. The number of nitrogens with zero attached hydrogens (tertiary/aromatic N) is 1. The lowest BCUT2D eigenvalue weighted by Crippen LogP contribution is -2.38. The highest BCUT2D eigenvalue weighted by molar-refractivity contribution is 6.00. The molecule has 2 aromatic rings. The van der Waals surface area contributed by atoms with Crippen molar-refractivity contribution in [2.45, 2.75) is 18.5 Å². The van der Waals surface area contributed by atoms with Crippen LogP contribution in [-0.4, -0.2) is 11.9 Å². The van der Waals surface area contributed by atoms with Gasteiger partial charge in [-0.25, -0.2) is 4.39 Å².